The van der Waals surface area contributed by atoms with Crippen LogP contribution in [0.15, 0.2) is 84.0 Å². The van der Waals surface area contributed by atoms with Gasteiger partial charge >= 0.3 is 0 Å². The Hall–Kier alpha value is -3.40. The lowest BCUT2D eigenvalue weighted by Crippen LogP contribution is -2.35. The molecule has 3 aromatic carbocycles. The van der Waals surface area contributed by atoms with Crippen molar-refractivity contribution in [2.75, 3.05) is 0 Å². The molecule has 0 unspecified atom stereocenters. The first-order chi connectivity index (χ1) is 14.3. The van der Waals surface area contributed by atoms with Gasteiger partial charge in [0.15, 0.2) is 0 Å². The summed E-state index contributed by atoms with van der Waals surface area (Å²) in [6.45, 7) is 0.457. The monoisotopic (exact) mass is 382 g/mol. The van der Waals surface area contributed by atoms with Crippen LogP contribution >= 0.6 is 0 Å². The van der Waals surface area contributed by atoms with Crippen LogP contribution in [0.3, 0.4) is 0 Å². The van der Waals surface area contributed by atoms with Crippen molar-refractivity contribution < 1.29 is 9.53 Å². The molecule has 1 saturated carbocycles. The van der Waals surface area contributed by atoms with Gasteiger partial charge in [0.25, 0.3) is 5.91 Å². The Morgan fingerprint density at radius 2 is 1.86 bits per heavy atom. The van der Waals surface area contributed by atoms with E-state index in [0.717, 1.165) is 35.3 Å². The Kier molecular flexibility index (Phi) is 4.60. The van der Waals surface area contributed by atoms with Gasteiger partial charge in [0.1, 0.15) is 12.4 Å². The number of amides is 1. The van der Waals surface area contributed by atoms with Crippen molar-refractivity contribution in [3.8, 4) is 5.75 Å². The molecular weight excluding hydrogens is 360 g/mol. The molecule has 0 heterocycles. The number of carbonyl (C=O) groups is 1. The third kappa shape index (κ3) is 3.66. The largest absolute Gasteiger partial charge is 0.489 e. The van der Waals surface area contributed by atoms with Crippen LogP contribution in [-0.2, 0) is 6.61 Å². The van der Waals surface area contributed by atoms with E-state index in [1.54, 1.807) is 0 Å². The summed E-state index contributed by atoms with van der Waals surface area (Å²) in [6.07, 6.45) is 6.47. The molecule has 2 aliphatic carbocycles. The summed E-state index contributed by atoms with van der Waals surface area (Å²) >= 11 is 0. The Bertz CT molecular complexity index is 1120. The first-order valence-corrected chi connectivity index (χ1v) is 10.0. The Morgan fingerprint density at radius 3 is 2.69 bits per heavy atom. The molecule has 0 aliphatic heterocycles. The fraction of sp³-hybridized carbons (Fsp3) is 0.200. The number of nitrogens with zero attached hydrogens (tertiary/aromatic N) is 1. The molecule has 144 valence electrons. The molecule has 1 fully saturated rings. The van der Waals surface area contributed by atoms with Crippen molar-refractivity contribution in [2.45, 2.75) is 19.4 Å². The summed E-state index contributed by atoms with van der Waals surface area (Å²) in [4.78, 5) is 12.3. The third-order valence-corrected chi connectivity index (χ3v) is 5.81. The van der Waals surface area contributed by atoms with E-state index in [2.05, 4.69) is 40.9 Å². The first kappa shape index (κ1) is 17.7. The van der Waals surface area contributed by atoms with Crippen molar-refractivity contribution in [3.63, 3.8) is 0 Å². The lowest BCUT2D eigenvalue weighted by atomic mass is 9.74. The average Bonchev–Trinajstić information content (AvgIpc) is 3.13. The van der Waals surface area contributed by atoms with Gasteiger partial charge in [-0.05, 0) is 59.4 Å². The van der Waals surface area contributed by atoms with Gasteiger partial charge in [-0.3, -0.25) is 4.79 Å². The van der Waals surface area contributed by atoms with Crippen LogP contribution in [0.1, 0.15) is 28.8 Å². The van der Waals surface area contributed by atoms with Gasteiger partial charge in [0, 0.05) is 17.2 Å². The van der Waals surface area contributed by atoms with Gasteiger partial charge in [0.2, 0.25) is 0 Å². The van der Waals surface area contributed by atoms with Crippen molar-refractivity contribution >= 4 is 22.4 Å². The maximum Gasteiger partial charge on any atom is 0.271 e. The second-order valence-electron chi connectivity index (χ2n) is 7.68. The molecule has 1 N–H and O–H groups in total. The molecule has 0 spiro atoms. The van der Waals surface area contributed by atoms with Crippen LogP contribution in [0, 0.1) is 11.8 Å². The molecule has 1 amide bonds. The number of hydrogen-bond acceptors (Lipinski definition) is 3. The molecule has 3 aromatic rings. The Balaban J connectivity index is 1.17. The van der Waals surface area contributed by atoms with Crippen molar-refractivity contribution in [3.05, 3.63) is 90.0 Å². The highest BCUT2D eigenvalue weighted by molar-refractivity contribution is 5.98. The summed E-state index contributed by atoms with van der Waals surface area (Å²) < 4.78 is 5.91. The minimum absolute atomic E-state index is 0.172. The number of hydrogen-bond donors (Lipinski definition) is 1. The number of benzene rings is 3. The molecule has 29 heavy (non-hydrogen) atoms. The van der Waals surface area contributed by atoms with E-state index in [9.17, 15) is 4.79 Å². The van der Waals surface area contributed by atoms with Gasteiger partial charge in [0.05, 0.1) is 0 Å². The predicted octanol–water partition coefficient (Wildman–Crippen LogP) is 5.10. The van der Waals surface area contributed by atoms with Gasteiger partial charge in [-0.1, -0.05) is 54.6 Å². The highest BCUT2D eigenvalue weighted by atomic mass is 16.5. The number of fused-ring (bicyclic) bond motifs is 2. The van der Waals surface area contributed by atoms with Gasteiger partial charge in [-0.15, -0.1) is 0 Å². The number of allylic oxidation sites excluding steroid dienone is 2. The maximum atomic E-state index is 12.3. The van der Waals surface area contributed by atoms with Crippen LogP contribution in [0.2, 0.25) is 0 Å². The molecule has 0 radical (unpaired) electrons. The fourth-order valence-electron chi connectivity index (χ4n) is 4.03. The zero-order valence-corrected chi connectivity index (χ0v) is 16.0. The summed E-state index contributed by atoms with van der Waals surface area (Å²) in [5.41, 5.74) is 5.42. The summed E-state index contributed by atoms with van der Waals surface area (Å²) in [5.74, 6) is 1.80. The molecule has 4 heteroatoms. The lowest BCUT2D eigenvalue weighted by molar-refractivity contribution is 0.0954. The predicted molar refractivity (Wildman–Crippen MR) is 115 cm³/mol. The van der Waals surface area contributed by atoms with Crippen molar-refractivity contribution in [1.29, 1.82) is 0 Å². The second-order valence-corrected chi connectivity index (χ2v) is 7.68. The van der Waals surface area contributed by atoms with Crippen LogP contribution in [-0.4, -0.2) is 11.6 Å². The normalized spacial score (nSPS) is 21.0. The minimum atomic E-state index is -0.172. The number of rotatable bonds is 5. The summed E-state index contributed by atoms with van der Waals surface area (Å²) in [5, 5.41) is 6.68. The lowest BCUT2D eigenvalue weighted by Gasteiger charge is -2.31. The van der Waals surface area contributed by atoms with E-state index in [0.29, 0.717) is 24.0 Å². The van der Waals surface area contributed by atoms with E-state index in [1.165, 1.54) is 5.39 Å². The summed E-state index contributed by atoms with van der Waals surface area (Å²) in [6, 6.07) is 21.8. The molecule has 0 saturated heterocycles. The van der Waals surface area contributed by atoms with Crippen LogP contribution < -0.4 is 10.2 Å². The van der Waals surface area contributed by atoms with Crippen molar-refractivity contribution in [2.24, 2.45) is 16.9 Å². The standard InChI is InChI=1S/C25H22N2O2/c28-25(27-26-24-15-21-6-3-7-23(21)24)19-10-8-17(9-11-19)16-29-22-13-12-18-4-1-2-5-20(18)14-22/h1-6,8-14,21,23H,7,15-16H2,(H,27,28)/b26-24-/t21-,23+/m0/s1. The van der Waals surface area contributed by atoms with Crippen LogP contribution in [0.4, 0.5) is 0 Å². The van der Waals surface area contributed by atoms with E-state index in [-0.39, 0.29) is 5.91 Å². The number of hydrazone groups is 1. The smallest absolute Gasteiger partial charge is 0.271 e. The van der Waals surface area contributed by atoms with Crippen molar-refractivity contribution in [1.82, 2.24) is 5.43 Å². The minimum Gasteiger partial charge on any atom is -0.489 e. The van der Waals surface area contributed by atoms with Gasteiger partial charge < -0.3 is 4.74 Å². The number of ether oxygens (including phenoxy) is 1. The average molecular weight is 382 g/mol. The maximum absolute atomic E-state index is 12.3. The third-order valence-electron chi connectivity index (χ3n) is 5.81. The molecule has 4 nitrogen and oxygen atoms in total. The molecule has 0 bridgehead atoms. The Morgan fingerprint density at radius 1 is 1.03 bits per heavy atom. The highest BCUT2D eigenvalue weighted by Crippen LogP contribution is 2.40. The van der Waals surface area contributed by atoms with E-state index < -0.39 is 0 Å². The zero-order chi connectivity index (χ0) is 19.6. The van der Waals surface area contributed by atoms with Gasteiger partial charge in [-0.2, -0.15) is 5.10 Å². The van der Waals surface area contributed by atoms with E-state index >= 15 is 0 Å². The molecule has 2 atom stereocenters. The topological polar surface area (TPSA) is 50.7 Å². The first-order valence-electron chi connectivity index (χ1n) is 10.0. The molecule has 2 aliphatic rings. The molecule has 5 rings (SSSR count). The zero-order valence-electron chi connectivity index (χ0n) is 16.0. The second kappa shape index (κ2) is 7.55. The number of nitrogens with one attached hydrogen (secondary N) is 1. The van der Waals surface area contributed by atoms with E-state index in [1.807, 2.05) is 48.5 Å². The molecular formula is C25H22N2O2. The Labute approximate surface area is 169 Å². The van der Waals surface area contributed by atoms with Gasteiger partial charge in [-0.25, -0.2) is 5.43 Å². The SMILES string of the molecule is O=C(N/N=C1/C[C@@H]2C=CC[C@@H]12)c1ccc(COc2ccc3ccccc3c2)cc1. The fourth-order valence-corrected chi connectivity index (χ4v) is 4.03. The number of carbonyl (C=O) groups excluding carboxylic acids is 1. The quantitative estimate of drug-likeness (QED) is 0.493. The van der Waals surface area contributed by atoms with Crippen LogP contribution in [0.5, 0.6) is 5.75 Å². The van der Waals surface area contributed by atoms with E-state index in [4.69, 9.17) is 4.74 Å². The highest BCUT2D eigenvalue weighted by Gasteiger charge is 2.38. The molecule has 0 aromatic heterocycles. The summed E-state index contributed by atoms with van der Waals surface area (Å²) in [7, 11) is 0. The van der Waals surface area contributed by atoms with Crippen LogP contribution in [0.25, 0.3) is 10.8 Å².